The second kappa shape index (κ2) is 27.8. The number of aliphatic imine (C=N–C) groups is 1. The zero-order valence-electron chi connectivity index (χ0n) is 45.4. The Morgan fingerprint density at radius 2 is 1.37 bits per heavy atom. The molecule has 2 aliphatic rings. The zero-order chi connectivity index (χ0) is 56.7. The second-order valence-corrected chi connectivity index (χ2v) is 22.2. The number of fused-ring (bicyclic) bond motifs is 1. The van der Waals surface area contributed by atoms with Gasteiger partial charge in [-0.05, 0) is 108 Å². The highest BCUT2D eigenvalue weighted by Gasteiger charge is 2.37. The van der Waals surface area contributed by atoms with Crippen molar-refractivity contribution in [3.63, 3.8) is 0 Å². The van der Waals surface area contributed by atoms with Gasteiger partial charge in [-0.1, -0.05) is 64.4 Å². The number of guanidine groups is 1. The summed E-state index contributed by atoms with van der Waals surface area (Å²) >= 11 is 0. The van der Waals surface area contributed by atoms with Crippen molar-refractivity contribution in [1.29, 1.82) is 0 Å². The maximum atomic E-state index is 13.7. The topological polar surface area (TPSA) is 350 Å². The third-order valence-corrected chi connectivity index (χ3v) is 15.1. The van der Waals surface area contributed by atoms with E-state index >= 15 is 0 Å². The number of nitrogens with one attached hydrogen (secondary N) is 8. The molecular formula is C52H79N11O12S. The van der Waals surface area contributed by atoms with Crippen LogP contribution in [0.5, 0.6) is 5.75 Å². The van der Waals surface area contributed by atoms with E-state index in [-0.39, 0.29) is 49.3 Å². The van der Waals surface area contributed by atoms with E-state index in [2.05, 4.69) is 46.9 Å². The Morgan fingerprint density at radius 1 is 0.776 bits per heavy atom. The number of ether oxygens (including phenoxy) is 2. The van der Waals surface area contributed by atoms with Crippen LogP contribution in [-0.4, -0.2) is 130 Å². The molecule has 6 atom stereocenters. The Labute approximate surface area is 445 Å². The molecule has 0 bridgehead atoms. The molecule has 24 heteroatoms. The van der Waals surface area contributed by atoms with Crippen molar-refractivity contribution >= 4 is 63.3 Å². The minimum atomic E-state index is -4.11. The van der Waals surface area contributed by atoms with Crippen molar-refractivity contribution in [2.45, 2.75) is 167 Å². The van der Waals surface area contributed by atoms with Crippen LogP contribution < -0.4 is 58.1 Å². The van der Waals surface area contributed by atoms with E-state index in [1.807, 2.05) is 20.8 Å². The van der Waals surface area contributed by atoms with Crippen LogP contribution in [0, 0.1) is 32.6 Å². The molecule has 1 aliphatic heterocycles. The van der Waals surface area contributed by atoms with Gasteiger partial charge < -0.3 is 58.2 Å². The van der Waals surface area contributed by atoms with Crippen LogP contribution in [0.4, 0.5) is 0 Å². The summed E-state index contributed by atoms with van der Waals surface area (Å²) in [7, 11) is -4.11. The van der Waals surface area contributed by atoms with Crippen molar-refractivity contribution in [2.24, 2.45) is 28.3 Å². The molecule has 23 nitrogen and oxygen atoms in total. The summed E-state index contributed by atoms with van der Waals surface area (Å²) in [5.41, 5.74) is 14.9. The Balaban J connectivity index is 1.23. The number of carbonyl (C=O) groups is 8. The van der Waals surface area contributed by atoms with E-state index in [0.29, 0.717) is 35.3 Å². The fourth-order valence-electron chi connectivity index (χ4n) is 8.50. The average molecular weight is 1080 g/mol. The normalized spacial score (nSPS) is 16.4. The average Bonchev–Trinajstić information content (AvgIpc) is 3.69. The monoisotopic (exact) mass is 1080 g/mol. The van der Waals surface area contributed by atoms with Crippen molar-refractivity contribution < 1.29 is 56.2 Å². The Bertz CT molecular complexity index is 2590. The van der Waals surface area contributed by atoms with E-state index in [9.17, 15) is 46.8 Å². The third-order valence-electron chi connectivity index (χ3n) is 13.4. The van der Waals surface area contributed by atoms with Gasteiger partial charge in [-0.3, -0.25) is 43.3 Å². The number of esters is 1. The maximum absolute atomic E-state index is 13.7. The highest BCUT2D eigenvalue weighted by atomic mass is 32.2. The maximum Gasteiger partial charge on any atom is 0.325 e. The number of carbonyl (C=O) groups excluding carboxylic acids is 8. The Morgan fingerprint density at radius 3 is 1.97 bits per heavy atom. The molecule has 0 saturated heterocycles. The lowest BCUT2D eigenvalue weighted by Crippen LogP contribution is -2.58. The second-order valence-electron chi connectivity index (χ2n) is 20.6. The molecule has 1 saturated carbocycles. The van der Waals surface area contributed by atoms with Gasteiger partial charge in [0.25, 0.3) is 10.0 Å². The summed E-state index contributed by atoms with van der Waals surface area (Å²) in [5.74, 6) is -5.93. The number of hydrogen-bond donors (Lipinski definition) is 10. The van der Waals surface area contributed by atoms with Crippen LogP contribution in [0.1, 0.15) is 115 Å². The first-order valence-corrected chi connectivity index (χ1v) is 27.3. The van der Waals surface area contributed by atoms with E-state index in [0.717, 1.165) is 30.4 Å². The Kier molecular flexibility index (Phi) is 22.6. The highest BCUT2D eigenvalue weighted by Crippen LogP contribution is 2.43. The van der Waals surface area contributed by atoms with Crippen LogP contribution in [0.15, 0.2) is 40.2 Å². The van der Waals surface area contributed by atoms with Crippen LogP contribution in [0.2, 0.25) is 0 Å². The summed E-state index contributed by atoms with van der Waals surface area (Å²) in [5, 5.41) is 17.9. The number of rotatable bonds is 27. The zero-order valence-corrected chi connectivity index (χ0v) is 46.2. The van der Waals surface area contributed by atoms with Crippen molar-refractivity contribution in [1.82, 2.24) is 41.9 Å². The van der Waals surface area contributed by atoms with E-state index in [4.69, 9.17) is 20.9 Å². The molecule has 1 heterocycles. The number of hydrogen-bond acceptors (Lipinski definition) is 14. The van der Waals surface area contributed by atoms with Crippen LogP contribution in [0.25, 0.3) is 0 Å². The molecule has 4 rings (SSSR count). The van der Waals surface area contributed by atoms with Crippen LogP contribution in [0.3, 0.4) is 0 Å². The van der Waals surface area contributed by atoms with Gasteiger partial charge in [-0.15, -0.1) is 0 Å². The lowest BCUT2D eigenvalue weighted by atomic mass is 9.94. The summed E-state index contributed by atoms with van der Waals surface area (Å²) in [4.78, 5) is 109. The molecule has 420 valence electrons. The quantitative estimate of drug-likeness (QED) is 0.0250. The number of amides is 7. The predicted molar refractivity (Wildman–Crippen MR) is 284 cm³/mol. The van der Waals surface area contributed by atoms with Gasteiger partial charge >= 0.3 is 5.97 Å². The molecule has 76 heavy (non-hydrogen) atoms. The first-order valence-electron chi connectivity index (χ1n) is 25.8. The molecule has 2 aromatic carbocycles. The first kappa shape index (κ1) is 61.7. The van der Waals surface area contributed by atoms with Gasteiger partial charge in [0, 0.05) is 24.9 Å². The van der Waals surface area contributed by atoms with E-state index in [1.165, 1.54) is 6.92 Å². The molecule has 1 aliphatic carbocycles. The smallest absolute Gasteiger partial charge is 0.325 e. The molecule has 12 N–H and O–H groups in total. The first-order chi connectivity index (χ1) is 35.6. The summed E-state index contributed by atoms with van der Waals surface area (Å²) in [6.07, 6.45) is 3.72. The largest absolute Gasteiger partial charge is 0.487 e. The molecule has 0 aromatic heterocycles. The predicted octanol–water partition coefficient (Wildman–Crippen LogP) is 0.374. The van der Waals surface area contributed by atoms with Gasteiger partial charge in [-0.2, -0.15) is 0 Å². The standard InChI is InChI=1S/C52H79N11O12S/c1-11-29(4)43(50(71)57-26-40(65)60-38(23-34-17-13-12-14-18-34)48(69)61-42(28(2)3)49(70)58-27-41(66)74-35-19-15-20-35)62-46(67)33(8)59-39(64)25-56-47(68)37(53)21-16-22-55-51(54)63-76(72,73)45-31(6)30(5)44-36(32(45)7)24-52(9,10)75-44/h12-14,17-18,28-29,33,35,37-38,42-43H,11,15-16,19-27,53H2,1-10H3,(H,56,68)(H,57,71)(H,58,70)(H,59,64)(H,60,65)(H,61,69)(H,62,67)(H3,54,55,63). The summed E-state index contributed by atoms with van der Waals surface area (Å²) in [6, 6.07) is 3.20. The van der Waals surface area contributed by atoms with Crippen molar-refractivity contribution in [3.8, 4) is 5.75 Å². The minimum absolute atomic E-state index is 0.0340. The molecule has 2 aromatic rings. The highest BCUT2D eigenvalue weighted by molar-refractivity contribution is 7.90. The van der Waals surface area contributed by atoms with Crippen LogP contribution >= 0.6 is 0 Å². The Hall–Kier alpha value is -6.82. The molecule has 7 amide bonds. The van der Waals surface area contributed by atoms with Gasteiger partial charge in [-0.25, -0.2) is 13.1 Å². The van der Waals surface area contributed by atoms with Gasteiger partial charge in [0.15, 0.2) is 0 Å². The molecule has 0 radical (unpaired) electrons. The SMILES string of the molecule is CCC(C)C(NC(=O)C(C)NC(=O)CNC(=O)C(N)CCCN=C(N)NS(=O)(=O)c1c(C)c(C)c2c(c1C)CC(C)(C)O2)C(=O)NCC(=O)NC(Cc1ccccc1)C(=O)NC(C(=O)NCC(=O)OC1CCC1)C(C)C. The molecular weight excluding hydrogens is 1000 g/mol. The summed E-state index contributed by atoms with van der Waals surface area (Å²) in [6.45, 7) is 16.0. The van der Waals surface area contributed by atoms with Crippen molar-refractivity contribution in [3.05, 3.63) is 58.1 Å². The number of nitrogens with two attached hydrogens (primary N) is 2. The summed E-state index contributed by atoms with van der Waals surface area (Å²) < 4.78 is 40.7. The number of sulfonamides is 1. The van der Waals surface area contributed by atoms with Gasteiger partial charge in [0.2, 0.25) is 47.3 Å². The fourth-order valence-corrected chi connectivity index (χ4v) is 10.0. The van der Waals surface area contributed by atoms with Gasteiger partial charge in [0.05, 0.1) is 24.0 Å². The number of nitrogens with zero attached hydrogens (tertiary/aromatic N) is 1. The van der Waals surface area contributed by atoms with E-state index < -0.39 is 118 Å². The fraction of sp³-hybridized carbons (Fsp3) is 0.596. The van der Waals surface area contributed by atoms with Crippen molar-refractivity contribution in [2.75, 3.05) is 26.2 Å². The lowest BCUT2D eigenvalue weighted by Gasteiger charge is -2.27. The molecule has 6 unspecified atom stereocenters. The molecule has 0 spiro atoms. The number of benzene rings is 2. The third kappa shape index (κ3) is 17.9. The van der Waals surface area contributed by atoms with Gasteiger partial charge in [0.1, 0.15) is 48.2 Å². The minimum Gasteiger partial charge on any atom is -0.487 e. The van der Waals surface area contributed by atoms with E-state index in [1.54, 1.807) is 71.9 Å². The lowest BCUT2D eigenvalue weighted by molar-refractivity contribution is -0.153. The van der Waals surface area contributed by atoms with Crippen LogP contribution in [-0.2, 0) is 66.0 Å². The molecule has 1 fully saturated rings.